The third kappa shape index (κ3) is 14.7. The van der Waals surface area contributed by atoms with E-state index >= 15 is 0 Å². The lowest BCUT2D eigenvalue weighted by Gasteiger charge is -2.37. The summed E-state index contributed by atoms with van der Waals surface area (Å²) in [5, 5.41) is 1.37. The quantitative estimate of drug-likeness (QED) is 0.102. The van der Waals surface area contributed by atoms with E-state index in [1.807, 2.05) is 105 Å². The Kier molecular flexibility index (Phi) is 18.7. The van der Waals surface area contributed by atoms with Gasteiger partial charge in [0, 0.05) is 46.4 Å². The molecule has 0 fully saturated rings. The minimum Gasteiger partial charge on any atom is -0.463 e. The van der Waals surface area contributed by atoms with Crippen molar-refractivity contribution in [3.63, 3.8) is 0 Å². The summed E-state index contributed by atoms with van der Waals surface area (Å²) in [5.41, 5.74) is 3.09. The maximum atomic E-state index is 13.2. The van der Waals surface area contributed by atoms with Gasteiger partial charge in [-0.25, -0.2) is 26.6 Å². The van der Waals surface area contributed by atoms with Crippen molar-refractivity contribution in [3.8, 4) is 0 Å². The van der Waals surface area contributed by atoms with Gasteiger partial charge in [-0.3, -0.25) is 0 Å². The fourth-order valence-electron chi connectivity index (χ4n) is 5.30. The molecule has 2 aromatic rings. The van der Waals surface area contributed by atoms with Crippen molar-refractivity contribution < 1.29 is 27.5 Å². The molecule has 1 heterocycles. The van der Waals surface area contributed by atoms with Gasteiger partial charge in [0.2, 0.25) is 0 Å². The number of ether oxygens (including phenoxy) is 2. The average molecular weight is 796 g/mol. The van der Waals surface area contributed by atoms with Crippen molar-refractivity contribution >= 4 is 57.1 Å². The van der Waals surface area contributed by atoms with Crippen LogP contribution in [0.3, 0.4) is 0 Å². The number of carbonyl (C=O) groups excluding carboxylic acids is 2. The molecule has 0 bridgehead atoms. The van der Waals surface area contributed by atoms with Gasteiger partial charge < -0.3 is 9.47 Å². The Labute approximate surface area is 326 Å². The van der Waals surface area contributed by atoms with E-state index in [-0.39, 0.29) is 31.2 Å². The average Bonchev–Trinajstić information content (AvgIpc) is 3.08. The summed E-state index contributed by atoms with van der Waals surface area (Å²) in [6, 6.07) is 15.3. The molecule has 0 saturated heterocycles. The molecular formula is C40H56Cl2N2O6S2. The third-order valence-electron chi connectivity index (χ3n) is 7.91. The highest BCUT2D eigenvalue weighted by Crippen LogP contribution is 2.28. The molecule has 8 nitrogen and oxygen atoms in total. The molecule has 12 heteroatoms. The molecule has 0 radical (unpaired) electrons. The van der Waals surface area contributed by atoms with E-state index in [0.717, 1.165) is 17.5 Å². The molecule has 0 spiro atoms. The van der Waals surface area contributed by atoms with Gasteiger partial charge >= 0.3 is 11.9 Å². The minimum absolute atomic E-state index is 0.0689. The number of hydrogen-bond acceptors (Lipinski definition) is 6. The summed E-state index contributed by atoms with van der Waals surface area (Å²) < 4.78 is 39.3. The molecule has 0 aliphatic carbocycles. The Bertz CT molecular complexity index is 1580. The standard InChI is InChI=1S/C21H30ClNO3S.C19H26ClNO3S/c1-7-9-19(14-17-10-12-18(22)13-11-17)23(27(25)21(4,5)6)15-16(3)20(24)26-8-2;1-5-24-18(22)15-8-11-17(12-14-6-9-16(20)10-7-14)21(13-15)25(23)19(2,3)4/h7,10-13,19H,1,3,8-9,14-15H2,2,4-6H3;6-10,17H,5,11-13H2,1-4H3/t19?,27-;17?,25-/m00/s1. The van der Waals surface area contributed by atoms with Gasteiger partial charge in [0.15, 0.2) is 0 Å². The molecule has 52 heavy (non-hydrogen) atoms. The maximum absolute atomic E-state index is 13.2. The lowest BCUT2D eigenvalue weighted by Crippen LogP contribution is -2.48. The van der Waals surface area contributed by atoms with Crippen LogP contribution in [0, 0.1) is 0 Å². The van der Waals surface area contributed by atoms with Crippen molar-refractivity contribution in [1.82, 2.24) is 8.61 Å². The predicted octanol–water partition coefficient (Wildman–Crippen LogP) is 8.62. The van der Waals surface area contributed by atoms with Gasteiger partial charge in [-0.2, -0.15) is 0 Å². The summed E-state index contributed by atoms with van der Waals surface area (Å²) in [7, 11) is -2.55. The Morgan fingerprint density at radius 2 is 1.46 bits per heavy atom. The first-order chi connectivity index (χ1) is 24.3. The highest BCUT2D eigenvalue weighted by molar-refractivity contribution is 7.84. The molecule has 2 aromatic carbocycles. The van der Waals surface area contributed by atoms with Crippen LogP contribution in [-0.2, 0) is 53.9 Å². The molecule has 1 aliphatic heterocycles. The van der Waals surface area contributed by atoms with Crippen LogP contribution in [0.4, 0.5) is 0 Å². The molecule has 4 atom stereocenters. The number of nitrogens with zero attached hydrogens (tertiary/aromatic N) is 2. The lowest BCUT2D eigenvalue weighted by molar-refractivity contribution is -0.139. The zero-order valence-corrected chi connectivity index (χ0v) is 35.1. The van der Waals surface area contributed by atoms with E-state index in [4.69, 9.17) is 32.7 Å². The van der Waals surface area contributed by atoms with Gasteiger partial charge in [0.25, 0.3) is 0 Å². The summed E-state index contributed by atoms with van der Waals surface area (Å²) in [4.78, 5) is 24.1. The van der Waals surface area contributed by atoms with Gasteiger partial charge in [0.1, 0.15) is 22.0 Å². The third-order valence-corrected chi connectivity index (χ3v) is 12.2. The number of halogens is 2. The van der Waals surface area contributed by atoms with Crippen LogP contribution in [0.2, 0.25) is 10.0 Å². The van der Waals surface area contributed by atoms with Crippen LogP contribution in [0.5, 0.6) is 0 Å². The lowest BCUT2D eigenvalue weighted by atomic mass is 9.98. The molecule has 1 aliphatic rings. The van der Waals surface area contributed by atoms with E-state index in [0.29, 0.717) is 53.6 Å². The molecule has 0 amide bonds. The highest BCUT2D eigenvalue weighted by atomic mass is 35.5. The molecule has 0 saturated carbocycles. The molecule has 0 aromatic heterocycles. The molecule has 2 unspecified atom stereocenters. The molecule has 288 valence electrons. The second kappa shape index (κ2) is 21.3. The normalized spacial score (nSPS) is 16.8. The Hall–Kier alpha value is -2.60. The van der Waals surface area contributed by atoms with Crippen molar-refractivity contribution in [2.75, 3.05) is 26.3 Å². The first-order valence-electron chi connectivity index (χ1n) is 17.5. The first kappa shape index (κ1) is 45.6. The maximum Gasteiger partial charge on any atom is 0.335 e. The van der Waals surface area contributed by atoms with Crippen LogP contribution in [0.1, 0.15) is 79.4 Å². The molecular weight excluding hydrogens is 739 g/mol. The van der Waals surface area contributed by atoms with Crippen LogP contribution in [-0.4, -0.2) is 76.8 Å². The zero-order chi connectivity index (χ0) is 39.2. The highest BCUT2D eigenvalue weighted by Gasteiger charge is 2.36. The van der Waals surface area contributed by atoms with Gasteiger partial charge in [0.05, 0.1) is 22.7 Å². The predicted molar refractivity (Wildman–Crippen MR) is 217 cm³/mol. The van der Waals surface area contributed by atoms with Gasteiger partial charge in [-0.15, -0.1) is 6.58 Å². The summed E-state index contributed by atoms with van der Waals surface area (Å²) in [6.45, 7) is 24.0. The monoisotopic (exact) mass is 794 g/mol. The Morgan fingerprint density at radius 3 is 1.94 bits per heavy atom. The molecule has 3 rings (SSSR count). The van der Waals surface area contributed by atoms with Gasteiger partial charge in [-0.1, -0.05) is 66.2 Å². The van der Waals surface area contributed by atoms with Crippen LogP contribution in [0.25, 0.3) is 0 Å². The van der Waals surface area contributed by atoms with Crippen molar-refractivity contribution in [3.05, 3.63) is 106 Å². The van der Waals surface area contributed by atoms with E-state index < -0.39 is 37.4 Å². The first-order valence-corrected chi connectivity index (χ1v) is 20.5. The fourth-order valence-corrected chi connectivity index (χ4v) is 8.35. The van der Waals surface area contributed by atoms with E-state index in [1.165, 1.54) is 0 Å². The SMILES string of the molecule is C=CCC(Cc1ccc(Cl)cc1)N(CC(=C)C(=O)OCC)[S@@](=O)C(C)(C)C.CCOC(=O)C1=CCC(Cc2ccc(Cl)cc2)N([S@@](=O)C(C)(C)C)C1. The summed E-state index contributed by atoms with van der Waals surface area (Å²) in [6.07, 6.45) is 6.43. The van der Waals surface area contributed by atoms with Crippen molar-refractivity contribution in [2.45, 2.75) is 103 Å². The Balaban J connectivity index is 0.000000361. The van der Waals surface area contributed by atoms with E-state index in [9.17, 15) is 18.0 Å². The topological polar surface area (TPSA) is 93.2 Å². The number of carbonyl (C=O) groups is 2. The fraction of sp³-hybridized carbons (Fsp3) is 0.500. The smallest absolute Gasteiger partial charge is 0.335 e. The van der Waals surface area contributed by atoms with Crippen LogP contribution in [0.15, 0.2) is 85.0 Å². The Morgan fingerprint density at radius 1 is 0.923 bits per heavy atom. The number of rotatable bonds is 15. The largest absolute Gasteiger partial charge is 0.463 e. The summed E-state index contributed by atoms with van der Waals surface area (Å²) in [5.74, 6) is -0.777. The van der Waals surface area contributed by atoms with Crippen LogP contribution < -0.4 is 0 Å². The zero-order valence-electron chi connectivity index (χ0n) is 31.9. The van der Waals surface area contributed by atoms with E-state index in [2.05, 4.69) is 13.2 Å². The number of hydrogen-bond donors (Lipinski definition) is 0. The summed E-state index contributed by atoms with van der Waals surface area (Å²) >= 11 is 11.9. The van der Waals surface area contributed by atoms with Crippen molar-refractivity contribution in [2.24, 2.45) is 0 Å². The van der Waals surface area contributed by atoms with Gasteiger partial charge in [-0.05, 0) is 116 Å². The number of esters is 2. The number of benzene rings is 2. The second-order valence-electron chi connectivity index (χ2n) is 14.4. The molecule has 0 N–H and O–H groups in total. The van der Waals surface area contributed by atoms with Crippen LogP contribution >= 0.6 is 23.2 Å². The second-order valence-corrected chi connectivity index (χ2v) is 19.6. The van der Waals surface area contributed by atoms with E-state index in [1.54, 1.807) is 19.9 Å². The van der Waals surface area contributed by atoms with Crippen molar-refractivity contribution in [1.29, 1.82) is 0 Å². The minimum atomic E-state index is -1.33.